The molecule has 0 saturated carbocycles. The Morgan fingerprint density at radius 3 is 2.63 bits per heavy atom. The normalized spacial score (nSPS) is 12.0. The van der Waals surface area contributed by atoms with Crippen LogP contribution in [0.2, 0.25) is 0 Å². The molecule has 7 heteroatoms. The van der Waals surface area contributed by atoms with Crippen molar-refractivity contribution in [3.63, 3.8) is 0 Å². The summed E-state index contributed by atoms with van der Waals surface area (Å²) in [5.41, 5.74) is 4.42. The van der Waals surface area contributed by atoms with Crippen molar-refractivity contribution in [1.82, 2.24) is 14.9 Å². The van der Waals surface area contributed by atoms with E-state index in [1.807, 2.05) is 49.6 Å². The molecule has 0 saturated heterocycles. The Morgan fingerprint density at radius 2 is 2.00 bits per heavy atom. The highest BCUT2D eigenvalue weighted by Gasteiger charge is 2.21. The molecule has 2 heterocycles. The molecule has 2 aromatic heterocycles. The van der Waals surface area contributed by atoms with Crippen LogP contribution in [0.5, 0.6) is 5.75 Å². The Labute approximate surface area is 181 Å². The lowest BCUT2D eigenvalue weighted by atomic mass is 10.2. The van der Waals surface area contributed by atoms with Crippen molar-refractivity contribution in [2.24, 2.45) is 0 Å². The van der Waals surface area contributed by atoms with Gasteiger partial charge in [-0.15, -0.1) is 11.3 Å². The van der Waals surface area contributed by atoms with Crippen LogP contribution in [0, 0.1) is 6.92 Å². The highest BCUT2D eigenvalue weighted by Crippen LogP contribution is 2.32. The van der Waals surface area contributed by atoms with Gasteiger partial charge in [-0.05, 0) is 50.6 Å². The van der Waals surface area contributed by atoms with E-state index in [1.54, 1.807) is 25.6 Å². The van der Waals surface area contributed by atoms with Crippen LogP contribution in [0.25, 0.3) is 22.0 Å². The molecule has 0 fully saturated rings. The van der Waals surface area contributed by atoms with Crippen LogP contribution in [0.4, 0.5) is 0 Å². The summed E-state index contributed by atoms with van der Waals surface area (Å²) in [6.07, 6.45) is 0.888. The summed E-state index contributed by atoms with van der Waals surface area (Å²) in [6, 6.07) is 9.93. The second-order valence-corrected chi connectivity index (χ2v) is 8.08. The highest BCUT2D eigenvalue weighted by molar-refractivity contribution is 7.13. The minimum absolute atomic E-state index is 0.0510. The molecular formula is C23H29N3O3S. The van der Waals surface area contributed by atoms with Crippen molar-refractivity contribution in [3.05, 3.63) is 47.0 Å². The van der Waals surface area contributed by atoms with Gasteiger partial charge in [0.25, 0.3) is 5.91 Å². The van der Waals surface area contributed by atoms with Gasteiger partial charge >= 0.3 is 0 Å². The van der Waals surface area contributed by atoms with E-state index >= 15 is 0 Å². The number of carbonyl (C=O) groups excluding carboxylic acids is 1. The first-order chi connectivity index (χ1) is 14.5. The fourth-order valence-electron chi connectivity index (χ4n) is 3.22. The van der Waals surface area contributed by atoms with Gasteiger partial charge in [0.05, 0.1) is 30.7 Å². The molecular weight excluding hydrogens is 398 g/mol. The first-order valence-electron chi connectivity index (χ1n) is 10.1. The number of hydrogen-bond donors (Lipinski definition) is 1. The van der Waals surface area contributed by atoms with E-state index in [0.29, 0.717) is 18.7 Å². The molecule has 1 unspecified atom stereocenters. The van der Waals surface area contributed by atoms with Crippen molar-refractivity contribution in [1.29, 1.82) is 0 Å². The number of methoxy groups -OCH3 is 2. The zero-order chi connectivity index (χ0) is 21.7. The standard InChI is InChI=1S/C23H29N3O3S/c1-6-15(2)24-22(27)19-13-21(26(16(19)3)11-12-28-4)20-14-30-23(25-20)17-7-9-18(29-5)10-8-17/h7-10,13-15H,6,11-12H2,1-5H3,(H,24,27). The molecule has 6 nitrogen and oxygen atoms in total. The zero-order valence-electron chi connectivity index (χ0n) is 18.2. The lowest BCUT2D eigenvalue weighted by Gasteiger charge is -2.12. The largest absolute Gasteiger partial charge is 0.497 e. The number of nitrogens with one attached hydrogen (secondary N) is 1. The molecule has 1 amide bonds. The minimum Gasteiger partial charge on any atom is -0.497 e. The number of nitrogens with zero attached hydrogens (tertiary/aromatic N) is 2. The Hall–Kier alpha value is -2.64. The number of amides is 1. The third-order valence-electron chi connectivity index (χ3n) is 5.22. The number of carbonyl (C=O) groups is 1. The Morgan fingerprint density at radius 1 is 1.27 bits per heavy atom. The average molecular weight is 428 g/mol. The van der Waals surface area contributed by atoms with Crippen molar-refractivity contribution >= 4 is 17.2 Å². The highest BCUT2D eigenvalue weighted by atomic mass is 32.1. The molecule has 1 aromatic carbocycles. The van der Waals surface area contributed by atoms with E-state index in [-0.39, 0.29) is 11.9 Å². The fraction of sp³-hybridized carbons (Fsp3) is 0.391. The molecule has 3 aromatic rings. The quantitative estimate of drug-likeness (QED) is 0.534. The smallest absolute Gasteiger partial charge is 0.253 e. The maximum absolute atomic E-state index is 12.8. The second kappa shape index (κ2) is 9.91. The number of benzene rings is 1. The van der Waals surface area contributed by atoms with E-state index in [0.717, 1.165) is 39.8 Å². The van der Waals surface area contributed by atoms with E-state index in [2.05, 4.69) is 16.8 Å². The lowest BCUT2D eigenvalue weighted by Crippen LogP contribution is -2.32. The number of hydrogen-bond acceptors (Lipinski definition) is 5. The molecule has 30 heavy (non-hydrogen) atoms. The summed E-state index contributed by atoms with van der Waals surface area (Å²) < 4.78 is 12.6. The van der Waals surface area contributed by atoms with Crippen molar-refractivity contribution in [2.75, 3.05) is 20.8 Å². The summed E-state index contributed by atoms with van der Waals surface area (Å²) >= 11 is 1.58. The van der Waals surface area contributed by atoms with Gasteiger partial charge in [0.1, 0.15) is 10.8 Å². The Bertz CT molecular complexity index is 992. The van der Waals surface area contributed by atoms with Gasteiger partial charge in [-0.2, -0.15) is 0 Å². The molecule has 0 aliphatic rings. The van der Waals surface area contributed by atoms with Gasteiger partial charge in [0.2, 0.25) is 0 Å². The first-order valence-corrected chi connectivity index (χ1v) is 11.0. The summed E-state index contributed by atoms with van der Waals surface area (Å²) in [4.78, 5) is 17.7. The van der Waals surface area contributed by atoms with Crippen molar-refractivity contribution < 1.29 is 14.3 Å². The predicted octanol–water partition coefficient (Wildman–Crippen LogP) is 4.77. The first kappa shape index (κ1) is 22.1. The van der Waals surface area contributed by atoms with Crippen molar-refractivity contribution in [2.45, 2.75) is 39.8 Å². The predicted molar refractivity (Wildman–Crippen MR) is 121 cm³/mol. The Balaban J connectivity index is 1.96. The summed E-state index contributed by atoms with van der Waals surface area (Å²) in [6.45, 7) is 7.26. The Kier molecular flexibility index (Phi) is 7.29. The van der Waals surface area contributed by atoms with Crippen LogP contribution < -0.4 is 10.1 Å². The summed E-state index contributed by atoms with van der Waals surface area (Å²) in [5.74, 6) is 0.765. The number of thiazole rings is 1. The van der Waals surface area contributed by atoms with Crippen LogP contribution >= 0.6 is 11.3 Å². The number of rotatable bonds is 9. The molecule has 0 bridgehead atoms. The van der Waals surface area contributed by atoms with Gasteiger partial charge in [0.15, 0.2) is 0 Å². The summed E-state index contributed by atoms with van der Waals surface area (Å²) in [5, 5.41) is 6.03. The zero-order valence-corrected chi connectivity index (χ0v) is 19.0. The van der Waals surface area contributed by atoms with Gasteiger partial charge < -0.3 is 19.4 Å². The molecule has 0 spiro atoms. The van der Waals surface area contributed by atoms with Crippen LogP contribution in [-0.4, -0.2) is 42.3 Å². The maximum Gasteiger partial charge on any atom is 0.253 e. The SMILES string of the molecule is CCC(C)NC(=O)c1cc(-c2csc(-c3ccc(OC)cc3)n2)n(CCOC)c1C. The molecule has 0 radical (unpaired) electrons. The number of aromatic nitrogens is 2. The number of ether oxygens (including phenoxy) is 2. The van der Waals surface area contributed by atoms with Crippen LogP contribution in [0.1, 0.15) is 36.3 Å². The van der Waals surface area contributed by atoms with Gasteiger partial charge in [-0.3, -0.25) is 4.79 Å². The van der Waals surface area contributed by atoms with Crippen LogP contribution in [0.15, 0.2) is 35.7 Å². The van der Waals surface area contributed by atoms with E-state index in [4.69, 9.17) is 14.5 Å². The average Bonchev–Trinajstić information content (AvgIpc) is 3.37. The van der Waals surface area contributed by atoms with Gasteiger partial charge in [-0.25, -0.2) is 4.98 Å². The monoisotopic (exact) mass is 427 g/mol. The summed E-state index contributed by atoms with van der Waals surface area (Å²) in [7, 11) is 3.33. The van der Waals surface area contributed by atoms with E-state index < -0.39 is 0 Å². The van der Waals surface area contributed by atoms with Gasteiger partial charge in [-0.1, -0.05) is 6.92 Å². The molecule has 3 rings (SSSR count). The van der Waals surface area contributed by atoms with E-state index in [1.165, 1.54) is 0 Å². The van der Waals surface area contributed by atoms with Crippen LogP contribution in [0.3, 0.4) is 0 Å². The van der Waals surface area contributed by atoms with Gasteiger partial charge in [0, 0.05) is 36.3 Å². The second-order valence-electron chi connectivity index (χ2n) is 7.22. The van der Waals surface area contributed by atoms with Crippen LogP contribution in [-0.2, 0) is 11.3 Å². The molecule has 0 aliphatic heterocycles. The minimum atomic E-state index is -0.0510. The van der Waals surface area contributed by atoms with E-state index in [9.17, 15) is 4.79 Å². The maximum atomic E-state index is 12.8. The molecule has 0 aliphatic carbocycles. The molecule has 1 N–H and O–H groups in total. The van der Waals surface area contributed by atoms with Crippen molar-refractivity contribution in [3.8, 4) is 27.7 Å². The third-order valence-corrected chi connectivity index (χ3v) is 6.11. The molecule has 160 valence electrons. The molecule has 1 atom stereocenters. The third kappa shape index (κ3) is 4.74. The fourth-order valence-corrected chi connectivity index (χ4v) is 4.04. The lowest BCUT2D eigenvalue weighted by molar-refractivity contribution is 0.0938. The topological polar surface area (TPSA) is 65.4 Å².